The minimum absolute atomic E-state index is 0.278. The summed E-state index contributed by atoms with van der Waals surface area (Å²) in [5.74, 6) is 0.475. The number of carbonyl (C=O) groups is 1. The average molecular weight is 434 g/mol. The smallest absolute Gasteiger partial charge is 0.304 e. The van der Waals surface area contributed by atoms with Gasteiger partial charge in [0.1, 0.15) is 12.3 Å². The summed E-state index contributed by atoms with van der Waals surface area (Å²) in [6.45, 7) is 3.89. The number of nitrogens with one attached hydrogen (secondary N) is 1. The van der Waals surface area contributed by atoms with Crippen LogP contribution in [0.1, 0.15) is 23.1 Å². The van der Waals surface area contributed by atoms with Crippen LogP contribution in [0.15, 0.2) is 42.5 Å². The second kappa shape index (κ2) is 10.4. The molecule has 8 heteroatoms. The van der Waals surface area contributed by atoms with Gasteiger partial charge >= 0.3 is 10.2 Å². The van der Waals surface area contributed by atoms with Crippen LogP contribution >= 0.6 is 0 Å². The first kappa shape index (κ1) is 23.7. The largest absolute Gasteiger partial charge is 0.496 e. The lowest BCUT2D eigenvalue weighted by Crippen LogP contribution is -2.46. The lowest BCUT2D eigenvalue weighted by atomic mass is 10.1. The zero-order chi connectivity index (χ0) is 22.3. The van der Waals surface area contributed by atoms with Crippen LogP contribution in [0.5, 0.6) is 5.75 Å². The molecule has 2 aromatic rings. The van der Waals surface area contributed by atoms with Gasteiger partial charge in [-0.15, -0.1) is 0 Å². The van der Waals surface area contributed by atoms with E-state index in [9.17, 15) is 13.2 Å². The van der Waals surface area contributed by atoms with E-state index in [1.54, 1.807) is 13.2 Å². The van der Waals surface area contributed by atoms with Crippen LogP contribution in [0, 0.1) is 13.8 Å². The number of hydrogen-bond acceptors (Lipinski definition) is 4. The fourth-order valence-corrected chi connectivity index (χ4v) is 4.20. The summed E-state index contributed by atoms with van der Waals surface area (Å²) in [4.78, 5) is 12.6. The second-order valence-corrected chi connectivity index (χ2v) is 9.42. The number of carbonyl (C=O) groups excluding carboxylic acids is 1. The molecule has 1 amide bonds. The maximum Gasteiger partial charge on any atom is 0.304 e. The van der Waals surface area contributed by atoms with Gasteiger partial charge in [-0.25, -0.2) is 4.31 Å². The topological polar surface area (TPSA) is 79.0 Å². The molecule has 0 fully saturated rings. The first-order valence-corrected chi connectivity index (χ1v) is 11.2. The number of anilines is 1. The standard InChI is InChI=1S/C22H31N3O4S/c1-17-12-13-18(2)20(15-17)25(30(27,28)24(3)4)16-22(26)23-14-8-10-19-9-6-7-11-21(19)29-5/h6-7,9,11-13,15H,8,10,14,16H2,1-5H3,(H,23,26). The molecule has 1 N–H and O–H groups in total. The molecule has 0 aromatic heterocycles. The minimum Gasteiger partial charge on any atom is -0.496 e. The molecule has 2 rings (SSSR count). The van der Waals surface area contributed by atoms with Crippen molar-refractivity contribution in [1.82, 2.24) is 9.62 Å². The SMILES string of the molecule is COc1ccccc1CCCNC(=O)CN(c1cc(C)ccc1C)S(=O)(=O)N(C)C. The van der Waals surface area contributed by atoms with Crippen LogP contribution in [0.3, 0.4) is 0 Å². The monoisotopic (exact) mass is 433 g/mol. The van der Waals surface area contributed by atoms with E-state index in [4.69, 9.17) is 4.74 Å². The van der Waals surface area contributed by atoms with E-state index in [2.05, 4.69) is 5.32 Å². The van der Waals surface area contributed by atoms with Crippen molar-refractivity contribution in [3.63, 3.8) is 0 Å². The molecule has 0 radical (unpaired) electrons. The van der Waals surface area contributed by atoms with E-state index >= 15 is 0 Å². The Bertz CT molecular complexity index is 974. The van der Waals surface area contributed by atoms with E-state index < -0.39 is 10.2 Å². The van der Waals surface area contributed by atoms with Gasteiger partial charge in [-0.05, 0) is 55.5 Å². The summed E-state index contributed by atoms with van der Waals surface area (Å²) >= 11 is 0. The molecular formula is C22H31N3O4S. The molecule has 30 heavy (non-hydrogen) atoms. The zero-order valence-electron chi connectivity index (χ0n) is 18.3. The Hall–Kier alpha value is -2.58. The predicted molar refractivity (Wildman–Crippen MR) is 120 cm³/mol. The fourth-order valence-electron chi connectivity index (χ4n) is 3.08. The van der Waals surface area contributed by atoms with Crippen molar-refractivity contribution in [2.45, 2.75) is 26.7 Å². The van der Waals surface area contributed by atoms with Crippen molar-refractivity contribution in [2.75, 3.05) is 38.6 Å². The van der Waals surface area contributed by atoms with Gasteiger partial charge in [-0.3, -0.25) is 4.79 Å². The zero-order valence-corrected chi connectivity index (χ0v) is 19.1. The van der Waals surface area contributed by atoms with Crippen molar-refractivity contribution < 1.29 is 17.9 Å². The molecule has 0 aliphatic rings. The van der Waals surface area contributed by atoms with E-state index in [1.807, 2.05) is 50.2 Å². The third-order valence-corrected chi connectivity index (χ3v) is 6.60. The number of ether oxygens (including phenoxy) is 1. The van der Waals surface area contributed by atoms with Crippen molar-refractivity contribution in [1.29, 1.82) is 0 Å². The number of rotatable bonds is 10. The molecular weight excluding hydrogens is 402 g/mol. The third kappa shape index (κ3) is 5.96. The number of benzene rings is 2. The molecule has 0 aliphatic heterocycles. The summed E-state index contributed by atoms with van der Waals surface area (Å²) in [5, 5.41) is 2.83. The van der Waals surface area contributed by atoms with Gasteiger partial charge in [-0.2, -0.15) is 12.7 Å². The fraction of sp³-hybridized carbons (Fsp3) is 0.409. The molecule has 0 saturated carbocycles. The third-order valence-electron chi connectivity index (χ3n) is 4.80. The lowest BCUT2D eigenvalue weighted by Gasteiger charge is -2.28. The van der Waals surface area contributed by atoms with Crippen molar-refractivity contribution in [3.05, 3.63) is 59.2 Å². The van der Waals surface area contributed by atoms with Crippen molar-refractivity contribution >= 4 is 21.8 Å². The van der Waals surface area contributed by atoms with Crippen LogP contribution in [0.2, 0.25) is 0 Å². The Balaban J connectivity index is 2.05. The molecule has 0 saturated heterocycles. The van der Waals surface area contributed by atoms with E-state index in [0.29, 0.717) is 12.2 Å². The second-order valence-electron chi connectivity index (χ2n) is 7.35. The molecule has 2 aromatic carbocycles. The quantitative estimate of drug-likeness (QED) is 0.585. The molecule has 0 bridgehead atoms. The number of para-hydroxylation sites is 1. The van der Waals surface area contributed by atoms with Crippen LogP contribution in [-0.4, -0.2) is 52.9 Å². The summed E-state index contributed by atoms with van der Waals surface area (Å²) in [6, 6.07) is 13.3. The van der Waals surface area contributed by atoms with Gasteiger partial charge in [0.25, 0.3) is 0 Å². The van der Waals surface area contributed by atoms with Gasteiger partial charge in [0, 0.05) is 20.6 Å². The van der Waals surface area contributed by atoms with E-state index in [-0.39, 0.29) is 12.5 Å². The first-order valence-electron chi connectivity index (χ1n) is 9.83. The van der Waals surface area contributed by atoms with Gasteiger partial charge in [-0.1, -0.05) is 30.3 Å². The normalized spacial score (nSPS) is 11.4. The Kier molecular flexibility index (Phi) is 8.25. The summed E-state index contributed by atoms with van der Waals surface area (Å²) in [6.07, 6.45) is 1.47. The molecule has 0 atom stereocenters. The number of nitrogens with zero attached hydrogens (tertiary/aromatic N) is 2. The van der Waals surface area contributed by atoms with Crippen LogP contribution < -0.4 is 14.4 Å². The molecule has 0 aliphatic carbocycles. The van der Waals surface area contributed by atoms with Gasteiger partial charge in [0.15, 0.2) is 0 Å². The number of methoxy groups -OCH3 is 1. The highest BCUT2D eigenvalue weighted by Gasteiger charge is 2.28. The Morgan fingerprint density at radius 1 is 1.10 bits per heavy atom. The number of hydrogen-bond donors (Lipinski definition) is 1. The highest BCUT2D eigenvalue weighted by molar-refractivity contribution is 7.90. The van der Waals surface area contributed by atoms with E-state index in [1.165, 1.54) is 14.1 Å². The molecule has 0 heterocycles. The average Bonchev–Trinajstić information content (AvgIpc) is 2.71. The minimum atomic E-state index is -3.82. The highest BCUT2D eigenvalue weighted by Crippen LogP contribution is 2.25. The van der Waals surface area contributed by atoms with Crippen molar-refractivity contribution in [3.8, 4) is 5.75 Å². The number of aryl methyl sites for hydroxylation is 3. The summed E-state index contributed by atoms with van der Waals surface area (Å²) < 4.78 is 33.4. The molecule has 0 spiro atoms. The predicted octanol–water partition coefficient (Wildman–Crippen LogP) is 2.67. The molecule has 7 nitrogen and oxygen atoms in total. The van der Waals surface area contributed by atoms with Gasteiger partial charge in [0.2, 0.25) is 5.91 Å². The molecule has 164 valence electrons. The molecule has 0 unspecified atom stereocenters. The highest BCUT2D eigenvalue weighted by atomic mass is 32.2. The van der Waals surface area contributed by atoms with Crippen LogP contribution in [0.4, 0.5) is 5.69 Å². The summed E-state index contributed by atoms with van der Waals surface area (Å²) in [7, 11) is 0.727. The Labute approximate surface area is 179 Å². The first-order chi connectivity index (χ1) is 14.2. The number of amides is 1. The van der Waals surface area contributed by atoms with Gasteiger partial charge in [0.05, 0.1) is 12.8 Å². The van der Waals surface area contributed by atoms with Crippen LogP contribution in [0.25, 0.3) is 0 Å². The summed E-state index contributed by atoms with van der Waals surface area (Å²) in [5.41, 5.74) is 3.29. The Morgan fingerprint density at radius 3 is 2.47 bits per heavy atom. The Morgan fingerprint density at radius 2 is 1.80 bits per heavy atom. The van der Waals surface area contributed by atoms with Crippen molar-refractivity contribution in [2.24, 2.45) is 0 Å². The van der Waals surface area contributed by atoms with Crippen LogP contribution in [-0.2, 0) is 21.4 Å². The maximum atomic E-state index is 12.9. The lowest BCUT2D eigenvalue weighted by molar-refractivity contribution is -0.119. The van der Waals surface area contributed by atoms with E-state index in [0.717, 1.165) is 43.9 Å². The maximum absolute atomic E-state index is 12.9. The van der Waals surface area contributed by atoms with Gasteiger partial charge < -0.3 is 10.1 Å².